The number of carbonyl (C=O) groups is 2. The van der Waals surface area contributed by atoms with Gasteiger partial charge in [0, 0.05) is 22.3 Å². The number of ether oxygens (including phenoxy) is 2. The van der Waals surface area contributed by atoms with Crippen molar-refractivity contribution in [2.75, 3.05) is 0 Å². The Bertz CT molecular complexity index is 1350. The quantitative estimate of drug-likeness (QED) is 0.0911. The van der Waals surface area contributed by atoms with E-state index in [2.05, 4.69) is 37.5 Å². The Morgan fingerprint density at radius 2 is 0.761 bits per heavy atom. The summed E-state index contributed by atoms with van der Waals surface area (Å²) in [5, 5.41) is 0. The van der Waals surface area contributed by atoms with Gasteiger partial charge in [-0.05, 0) is 112 Å². The van der Waals surface area contributed by atoms with E-state index in [9.17, 15) is 9.59 Å². The van der Waals surface area contributed by atoms with Crippen molar-refractivity contribution in [1.29, 1.82) is 0 Å². The van der Waals surface area contributed by atoms with Crippen LogP contribution in [-0.4, -0.2) is 24.1 Å². The number of hydrogen-bond acceptors (Lipinski definition) is 4. The normalized spacial score (nSPS) is 11.7. The molecule has 0 bridgehead atoms. The van der Waals surface area contributed by atoms with Crippen molar-refractivity contribution in [2.45, 2.75) is 117 Å². The first-order chi connectivity index (χ1) is 22.4. The van der Waals surface area contributed by atoms with Gasteiger partial charge in [-0.15, -0.1) is 0 Å². The largest absolute Gasteiger partial charge is 0.459 e. The average Bonchev–Trinajstić information content (AvgIpc) is 3.07. The summed E-state index contributed by atoms with van der Waals surface area (Å²) in [6, 6.07) is 22.2. The summed E-state index contributed by atoms with van der Waals surface area (Å²) in [5.41, 5.74) is 4.49. The highest BCUT2D eigenvalue weighted by molar-refractivity contribution is 5.90. The monoisotopic (exact) mass is 618 g/mol. The van der Waals surface area contributed by atoms with E-state index in [1.165, 1.54) is 51.4 Å². The molecule has 2 atom stereocenters. The van der Waals surface area contributed by atoms with E-state index in [4.69, 9.17) is 9.47 Å². The Balaban J connectivity index is 1.46. The standard InChI is InChI=1S/C42H50O4/c1-5-7-9-11-13-15-33(3)45-41(43)39-29-25-37(26-30-39)23-21-35-17-19-36(20-18-35)22-24-38-27-31-40(32-28-38)42(44)46-34(4)16-14-12-10-8-6-2/h17-20,25-34H,5-16H2,1-4H3. The predicted octanol–water partition coefficient (Wildman–Crippen LogP) is 10.3. The minimum atomic E-state index is -0.288. The molecule has 242 valence electrons. The zero-order valence-electron chi connectivity index (χ0n) is 28.2. The van der Waals surface area contributed by atoms with E-state index in [1.54, 1.807) is 24.3 Å². The fraction of sp³-hybridized carbons (Fsp3) is 0.429. The van der Waals surface area contributed by atoms with Gasteiger partial charge in [-0.2, -0.15) is 0 Å². The maximum Gasteiger partial charge on any atom is 0.338 e. The van der Waals surface area contributed by atoms with Crippen molar-refractivity contribution in [3.8, 4) is 23.7 Å². The van der Waals surface area contributed by atoms with Crippen LogP contribution in [0.4, 0.5) is 0 Å². The first kappa shape index (κ1) is 36.2. The second kappa shape index (κ2) is 20.7. The molecule has 0 fully saturated rings. The zero-order chi connectivity index (χ0) is 33.0. The van der Waals surface area contributed by atoms with Crippen molar-refractivity contribution in [3.63, 3.8) is 0 Å². The van der Waals surface area contributed by atoms with E-state index >= 15 is 0 Å². The third kappa shape index (κ3) is 13.8. The molecular weight excluding hydrogens is 568 g/mol. The van der Waals surface area contributed by atoms with Crippen LogP contribution < -0.4 is 0 Å². The van der Waals surface area contributed by atoms with Gasteiger partial charge in [-0.25, -0.2) is 9.59 Å². The molecule has 0 amide bonds. The maximum atomic E-state index is 12.5. The van der Waals surface area contributed by atoms with Gasteiger partial charge in [-0.3, -0.25) is 0 Å². The molecule has 0 saturated carbocycles. The second-order valence-electron chi connectivity index (χ2n) is 12.1. The Kier molecular flexibility index (Phi) is 16.3. The van der Waals surface area contributed by atoms with Crippen LogP contribution in [-0.2, 0) is 9.47 Å². The molecule has 0 aliphatic rings. The lowest BCUT2D eigenvalue weighted by Crippen LogP contribution is -2.15. The molecule has 0 heterocycles. The maximum absolute atomic E-state index is 12.5. The number of hydrogen-bond donors (Lipinski definition) is 0. The van der Waals surface area contributed by atoms with E-state index in [1.807, 2.05) is 62.4 Å². The number of rotatable bonds is 16. The number of unbranched alkanes of at least 4 members (excludes halogenated alkanes) is 8. The van der Waals surface area contributed by atoms with Crippen molar-refractivity contribution < 1.29 is 19.1 Å². The van der Waals surface area contributed by atoms with Gasteiger partial charge in [0.15, 0.2) is 0 Å². The molecule has 3 rings (SSSR count). The highest BCUT2D eigenvalue weighted by Gasteiger charge is 2.13. The fourth-order valence-electron chi connectivity index (χ4n) is 4.99. The van der Waals surface area contributed by atoms with Gasteiger partial charge in [-0.1, -0.05) is 88.9 Å². The van der Waals surface area contributed by atoms with Gasteiger partial charge in [0.05, 0.1) is 23.3 Å². The fourth-order valence-corrected chi connectivity index (χ4v) is 4.99. The van der Waals surface area contributed by atoms with Crippen LogP contribution in [0.3, 0.4) is 0 Å². The molecule has 0 spiro atoms. The summed E-state index contributed by atoms with van der Waals surface area (Å²) in [6.07, 6.45) is 13.6. The summed E-state index contributed by atoms with van der Waals surface area (Å²) in [7, 11) is 0. The predicted molar refractivity (Wildman–Crippen MR) is 188 cm³/mol. The molecule has 0 aliphatic carbocycles. The number of esters is 2. The summed E-state index contributed by atoms with van der Waals surface area (Å²) < 4.78 is 11.2. The summed E-state index contributed by atoms with van der Waals surface area (Å²) in [4.78, 5) is 25.0. The summed E-state index contributed by atoms with van der Waals surface area (Å²) >= 11 is 0. The van der Waals surface area contributed by atoms with E-state index < -0.39 is 0 Å². The molecule has 4 nitrogen and oxygen atoms in total. The highest BCUT2D eigenvalue weighted by atomic mass is 16.5. The van der Waals surface area contributed by atoms with E-state index in [0.717, 1.165) is 47.9 Å². The van der Waals surface area contributed by atoms with Gasteiger partial charge < -0.3 is 9.47 Å². The molecule has 3 aromatic rings. The third-order valence-corrected chi connectivity index (χ3v) is 7.87. The van der Waals surface area contributed by atoms with Crippen LogP contribution in [0.25, 0.3) is 0 Å². The van der Waals surface area contributed by atoms with Gasteiger partial charge >= 0.3 is 11.9 Å². The Hall–Kier alpha value is -4.28. The highest BCUT2D eigenvalue weighted by Crippen LogP contribution is 2.14. The first-order valence-electron chi connectivity index (χ1n) is 17.1. The average molecular weight is 619 g/mol. The molecule has 0 saturated heterocycles. The molecule has 0 N–H and O–H groups in total. The lowest BCUT2D eigenvalue weighted by Gasteiger charge is -2.13. The van der Waals surface area contributed by atoms with Crippen LogP contribution in [0, 0.1) is 23.7 Å². The Morgan fingerprint density at radius 3 is 1.07 bits per heavy atom. The SMILES string of the molecule is CCCCCCCC(C)OC(=O)c1ccc(C#Cc2ccc(C#Cc3ccc(C(=O)OC(C)CCCCCCC)cc3)cc2)cc1. The molecular formula is C42H50O4. The van der Waals surface area contributed by atoms with Gasteiger partial charge in [0.2, 0.25) is 0 Å². The minimum Gasteiger partial charge on any atom is -0.459 e. The van der Waals surface area contributed by atoms with Crippen molar-refractivity contribution in [1.82, 2.24) is 0 Å². The zero-order valence-corrected chi connectivity index (χ0v) is 28.2. The number of carbonyl (C=O) groups excluding carboxylic acids is 2. The third-order valence-electron chi connectivity index (χ3n) is 7.87. The lowest BCUT2D eigenvalue weighted by molar-refractivity contribution is 0.0309. The van der Waals surface area contributed by atoms with Crippen molar-refractivity contribution >= 4 is 11.9 Å². The van der Waals surface area contributed by atoms with Crippen LogP contribution in [0.5, 0.6) is 0 Å². The molecule has 46 heavy (non-hydrogen) atoms. The van der Waals surface area contributed by atoms with Crippen LogP contribution in [0.15, 0.2) is 72.8 Å². The minimum absolute atomic E-state index is 0.0824. The van der Waals surface area contributed by atoms with Crippen molar-refractivity contribution in [3.05, 3.63) is 106 Å². The Labute approximate surface area is 277 Å². The number of benzene rings is 3. The molecule has 3 aromatic carbocycles. The van der Waals surface area contributed by atoms with Gasteiger partial charge in [0.25, 0.3) is 0 Å². The first-order valence-corrected chi connectivity index (χ1v) is 17.1. The van der Waals surface area contributed by atoms with Gasteiger partial charge in [0.1, 0.15) is 0 Å². The molecule has 0 radical (unpaired) electrons. The smallest absolute Gasteiger partial charge is 0.338 e. The molecule has 0 aromatic heterocycles. The van der Waals surface area contributed by atoms with E-state index in [-0.39, 0.29) is 24.1 Å². The molecule has 2 unspecified atom stereocenters. The van der Waals surface area contributed by atoms with Crippen LogP contribution >= 0.6 is 0 Å². The lowest BCUT2D eigenvalue weighted by atomic mass is 10.1. The summed E-state index contributed by atoms with van der Waals surface area (Å²) in [6.45, 7) is 8.34. The van der Waals surface area contributed by atoms with Crippen LogP contribution in [0.1, 0.15) is 148 Å². The Morgan fingerprint density at radius 1 is 0.478 bits per heavy atom. The van der Waals surface area contributed by atoms with E-state index in [0.29, 0.717) is 11.1 Å². The second-order valence-corrected chi connectivity index (χ2v) is 12.1. The molecule has 0 aliphatic heterocycles. The van der Waals surface area contributed by atoms with Crippen LogP contribution in [0.2, 0.25) is 0 Å². The molecule has 4 heteroatoms. The summed E-state index contributed by atoms with van der Waals surface area (Å²) in [5.74, 6) is 12.1. The van der Waals surface area contributed by atoms with Crippen molar-refractivity contribution in [2.24, 2.45) is 0 Å². The topological polar surface area (TPSA) is 52.6 Å².